The normalized spacial score (nSPS) is 11.1. The monoisotopic (exact) mass is 244 g/mol. The van der Waals surface area contributed by atoms with Crippen molar-refractivity contribution in [3.8, 4) is 0 Å². The van der Waals surface area contributed by atoms with Crippen LogP contribution >= 0.6 is 0 Å². The van der Waals surface area contributed by atoms with Gasteiger partial charge in [-0.3, -0.25) is 0 Å². The van der Waals surface area contributed by atoms with Gasteiger partial charge in [-0.05, 0) is 0 Å². The molecule has 0 rings (SSSR count). The second-order valence-electron chi connectivity index (χ2n) is 2.97. The van der Waals surface area contributed by atoms with Gasteiger partial charge in [0, 0.05) is 0 Å². The summed E-state index contributed by atoms with van der Waals surface area (Å²) >= 11 is 1.96. The van der Waals surface area contributed by atoms with E-state index in [1.165, 1.54) is 0 Å². The number of hydrogen-bond acceptors (Lipinski definition) is 1. The fraction of sp³-hybridized carbons (Fsp3) is 0.857. The standard InChI is InChI=1S/C7H14OTe/c1-5-8-6(9)7(2,3)4/h5H2,1-4H3. The van der Waals surface area contributed by atoms with Gasteiger partial charge in [0.15, 0.2) is 0 Å². The Kier molecular flexibility index (Phi) is 3.77. The molecular formula is C7H14OTe. The van der Waals surface area contributed by atoms with Crippen molar-refractivity contribution >= 4 is 25.6 Å². The maximum absolute atomic E-state index is 5.33. The topological polar surface area (TPSA) is 9.23 Å². The van der Waals surface area contributed by atoms with Crippen LogP contribution in [0.15, 0.2) is 0 Å². The van der Waals surface area contributed by atoms with Gasteiger partial charge in [0.25, 0.3) is 0 Å². The minimum atomic E-state index is 0.209. The summed E-state index contributed by atoms with van der Waals surface area (Å²) in [5, 5.41) is 0. The molecule has 0 aromatic rings. The Balaban J connectivity index is 3.74. The van der Waals surface area contributed by atoms with Crippen molar-refractivity contribution in [1.29, 1.82) is 0 Å². The molecule has 0 bridgehead atoms. The van der Waals surface area contributed by atoms with E-state index in [0.29, 0.717) is 0 Å². The second-order valence-corrected chi connectivity index (χ2v) is 4.03. The molecule has 0 heterocycles. The van der Waals surface area contributed by atoms with Crippen molar-refractivity contribution in [2.24, 2.45) is 5.41 Å². The van der Waals surface area contributed by atoms with Gasteiger partial charge in [-0.15, -0.1) is 0 Å². The number of hydrogen-bond donors (Lipinski definition) is 0. The molecule has 0 N–H and O–H groups in total. The molecule has 0 aliphatic carbocycles. The molecule has 9 heavy (non-hydrogen) atoms. The van der Waals surface area contributed by atoms with E-state index in [1.807, 2.05) is 28.7 Å². The van der Waals surface area contributed by atoms with Crippen LogP contribution in [-0.2, 0) is 4.74 Å². The molecular weight excluding hydrogens is 228 g/mol. The molecule has 0 unspecified atom stereocenters. The van der Waals surface area contributed by atoms with Crippen molar-refractivity contribution in [2.45, 2.75) is 27.7 Å². The van der Waals surface area contributed by atoms with Crippen molar-refractivity contribution in [2.75, 3.05) is 6.61 Å². The molecule has 0 aliphatic rings. The second kappa shape index (κ2) is 3.58. The summed E-state index contributed by atoms with van der Waals surface area (Å²) in [5.74, 6) is 0. The van der Waals surface area contributed by atoms with Gasteiger partial charge in [0.1, 0.15) is 0 Å². The Bertz CT molecular complexity index is 102. The van der Waals surface area contributed by atoms with E-state index in [-0.39, 0.29) is 5.41 Å². The zero-order chi connectivity index (χ0) is 7.49. The van der Waals surface area contributed by atoms with Crippen LogP contribution in [0, 0.1) is 5.41 Å². The first-order valence-electron chi connectivity index (χ1n) is 3.15. The average molecular weight is 242 g/mol. The van der Waals surface area contributed by atoms with Gasteiger partial charge in [-0.1, -0.05) is 0 Å². The molecule has 2 heteroatoms. The van der Waals surface area contributed by atoms with E-state index >= 15 is 0 Å². The average Bonchev–Trinajstić information content (AvgIpc) is 1.64. The summed E-state index contributed by atoms with van der Waals surface area (Å²) in [6.45, 7) is 9.25. The summed E-state index contributed by atoms with van der Waals surface area (Å²) < 4.78 is 6.45. The molecule has 0 saturated heterocycles. The zero-order valence-corrected chi connectivity index (χ0v) is 8.85. The Morgan fingerprint density at radius 2 is 1.89 bits per heavy atom. The minimum absolute atomic E-state index is 0.209. The van der Waals surface area contributed by atoms with E-state index in [2.05, 4.69) is 20.8 Å². The van der Waals surface area contributed by atoms with Gasteiger partial charge < -0.3 is 0 Å². The van der Waals surface area contributed by atoms with E-state index in [4.69, 9.17) is 4.74 Å². The van der Waals surface area contributed by atoms with Gasteiger partial charge >= 0.3 is 70.0 Å². The molecule has 0 fully saturated rings. The number of rotatable bonds is 2. The molecule has 0 amide bonds. The summed E-state index contributed by atoms with van der Waals surface area (Å²) in [5.41, 5.74) is 0.209. The van der Waals surface area contributed by atoms with Crippen molar-refractivity contribution in [3.05, 3.63) is 0 Å². The van der Waals surface area contributed by atoms with E-state index < -0.39 is 0 Å². The summed E-state index contributed by atoms with van der Waals surface area (Å²) in [4.78, 5) is 0. The predicted molar refractivity (Wildman–Crippen MR) is 41.8 cm³/mol. The van der Waals surface area contributed by atoms with Crippen molar-refractivity contribution in [1.82, 2.24) is 0 Å². The predicted octanol–water partition coefficient (Wildman–Crippen LogP) is 1.37. The van der Waals surface area contributed by atoms with E-state index in [1.54, 1.807) is 0 Å². The van der Waals surface area contributed by atoms with Crippen molar-refractivity contribution in [3.63, 3.8) is 0 Å². The summed E-state index contributed by atoms with van der Waals surface area (Å²) in [6, 6.07) is 0. The van der Waals surface area contributed by atoms with Crippen LogP contribution in [0.5, 0.6) is 0 Å². The molecule has 0 atom stereocenters. The van der Waals surface area contributed by atoms with Crippen molar-refractivity contribution < 1.29 is 4.74 Å². The number of ether oxygens (including phenoxy) is 1. The molecule has 0 spiro atoms. The van der Waals surface area contributed by atoms with Crippen LogP contribution in [0.4, 0.5) is 0 Å². The van der Waals surface area contributed by atoms with Gasteiger partial charge in [0.05, 0.1) is 0 Å². The van der Waals surface area contributed by atoms with Gasteiger partial charge in [-0.2, -0.15) is 0 Å². The third-order valence-electron chi connectivity index (χ3n) is 0.888. The molecule has 0 saturated carbocycles. The Morgan fingerprint density at radius 3 is 2.00 bits per heavy atom. The van der Waals surface area contributed by atoms with Crippen LogP contribution in [0.25, 0.3) is 0 Å². The Hall–Kier alpha value is 0.460. The molecule has 0 aliphatic heterocycles. The third kappa shape index (κ3) is 3.94. The van der Waals surface area contributed by atoms with Gasteiger partial charge in [0.2, 0.25) is 0 Å². The van der Waals surface area contributed by atoms with Crippen LogP contribution in [0.1, 0.15) is 27.7 Å². The Labute approximate surface area is 70.2 Å². The first-order chi connectivity index (χ1) is 3.98. The first-order valence-corrected chi connectivity index (χ1v) is 4.32. The Morgan fingerprint density at radius 1 is 1.44 bits per heavy atom. The zero-order valence-electron chi connectivity index (χ0n) is 6.52. The molecule has 0 radical (unpaired) electrons. The van der Waals surface area contributed by atoms with Gasteiger partial charge in [-0.25, -0.2) is 0 Å². The molecule has 0 aromatic heterocycles. The van der Waals surface area contributed by atoms with Crippen LogP contribution < -0.4 is 0 Å². The molecule has 0 aromatic carbocycles. The van der Waals surface area contributed by atoms with Crippen LogP contribution in [0.3, 0.4) is 0 Å². The van der Waals surface area contributed by atoms with E-state index in [0.717, 1.165) is 10.3 Å². The van der Waals surface area contributed by atoms with Crippen LogP contribution in [0.2, 0.25) is 0 Å². The fourth-order valence-electron chi connectivity index (χ4n) is 0.348. The third-order valence-corrected chi connectivity index (χ3v) is 2.97. The van der Waals surface area contributed by atoms with Crippen LogP contribution in [-0.4, -0.2) is 32.2 Å². The molecule has 54 valence electrons. The summed E-state index contributed by atoms with van der Waals surface area (Å²) in [7, 11) is 0. The van der Waals surface area contributed by atoms with E-state index in [9.17, 15) is 0 Å². The summed E-state index contributed by atoms with van der Waals surface area (Å²) in [6.07, 6.45) is 0. The SMILES string of the molecule is CCOC(=[Te])C(C)(C)C. The quantitative estimate of drug-likeness (QED) is 0.664. The first kappa shape index (κ1) is 9.46. The maximum atomic E-state index is 5.33. The fourth-order valence-corrected chi connectivity index (χ4v) is 0.684. The molecule has 1 nitrogen and oxygen atoms in total.